The van der Waals surface area contributed by atoms with Crippen molar-refractivity contribution in [2.45, 2.75) is 78.0 Å². The molecule has 1 atom stereocenters. The third-order valence-corrected chi connectivity index (χ3v) is 6.52. The molecule has 0 aliphatic carbocycles. The van der Waals surface area contributed by atoms with E-state index in [-0.39, 0.29) is 12.6 Å². The number of nitriles is 1. The fourth-order valence-corrected chi connectivity index (χ4v) is 4.87. The van der Waals surface area contributed by atoms with Crippen LogP contribution in [0.15, 0.2) is 36.5 Å². The maximum Gasteiger partial charge on any atom is 0.408 e. The van der Waals surface area contributed by atoms with Crippen molar-refractivity contribution in [2.24, 2.45) is 5.92 Å². The van der Waals surface area contributed by atoms with Gasteiger partial charge < -0.3 is 30.1 Å². The van der Waals surface area contributed by atoms with Gasteiger partial charge >= 0.3 is 12.2 Å². The molecule has 2 aromatic rings. The molecule has 0 spiro atoms. The maximum absolute atomic E-state index is 12.5. The van der Waals surface area contributed by atoms with Gasteiger partial charge in [0.15, 0.2) is 0 Å². The number of amides is 2. The Morgan fingerprint density at radius 1 is 1.15 bits per heavy atom. The van der Waals surface area contributed by atoms with Crippen molar-refractivity contribution in [3.63, 3.8) is 0 Å². The lowest BCUT2D eigenvalue weighted by Gasteiger charge is -2.33. The van der Waals surface area contributed by atoms with E-state index in [1.165, 1.54) is 4.90 Å². The van der Waals surface area contributed by atoms with Crippen molar-refractivity contribution in [3.05, 3.63) is 42.1 Å². The topological polar surface area (TPSA) is 137 Å². The van der Waals surface area contributed by atoms with E-state index in [0.29, 0.717) is 55.4 Å². The van der Waals surface area contributed by atoms with E-state index in [4.69, 9.17) is 14.6 Å². The predicted octanol–water partition coefficient (Wildman–Crippen LogP) is 5.88. The average molecular weight is 552 g/mol. The summed E-state index contributed by atoms with van der Waals surface area (Å²) in [6.07, 6.45) is 2.39. The van der Waals surface area contributed by atoms with Gasteiger partial charge in [0.2, 0.25) is 0 Å². The Bertz CT molecular complexity index is 1230. The van der Waals surface area contributed by atoms with Crippen molar-refractivity contribution in [1.82, 2.24) is 15.2 Å². The molecule has 2 amide bonds. The summed E-state index contributed by atoms with van der Waals surface area (Å²) in [7, 11) is 0. The number of piperidine rings is 1. The van der Waals surface area contributed by atoms with E-state index < -0.39 is 23.3 Å². The smallest absolute Gasteiger partial charge is 0.408 e. The van der Waals surface area contributed by atoms with Crippen molar-refractivity contribution in [2.75, 3.05) is 25.0 Å². The molecule has 0 saturated carbocycles. The Morgan fingerprint density at radius 2 is 1.82 bits per heavy atom. The third-order valence-electron chi connectivity index (χ3n) is 6.52. The van der Waals surface area contributed by atoms with Gasteiger partial charge in [-0.05, 0) is 88.3 Å². The summed E-state index contributed by atoms with van der Waals surface area (Å²) >= 11 is 0. The monoisotopic (exact) mass is 551 g/mol. The quantitative estimate of drug-likeness (QED) is 0.351. The fourth-order valence-electron chi connectivity index (χ4n) is 4.87. The molecule has 0 radical (unpaired) electrons. The second-order valence-electron chi connectivity index (χ2n) is 12.0. The molecule has 1 aromatic carbocycles. The Hall–Kier alpha value is -4.00. The minimum Gasteiger partial charge on any atom is -0.490 e. The Labute approximate surface area is 236 Å². The highest BCUT2D eigenvalue weighted by Crippen LogP contribution is 2.29. The molecule has 1 aliphatic heterocycles. The molecule has 0 bridgehead atoms. The SMILES string of the molecule is CC(C)C[C@@](C)(COc1ccc(-c2ccnc(NC3CCN(C(=O)O)CC3)c2)cc1C#N)NC(=O)OC(C)(C)C. The van der Waals surface area contributed by atoms with Crippen LogP contribution < -0.4 is 15.4 Å². The van der Waals surface area contributed by atoms with Crippen LogP contribution in [0.1, 0.15) is 66.4 Å². The molecule has 3 rings (SSSR count). The second kappa shape index (κ2) is 12.9. The van der Waals surface area contributed by atoms with Crippen LogP contribution in [0.25, 0.3) is 11.1 Å². The van der Waals surface area contributed by atoms with Crippen LogP contribution in [0.2, 0.25) is 0 Å². The van der Waals surface area contributed by atoms with Gasteiger partial charge in [-0.25, -0.2) is 14.6 Å². The molecule has 0 unspecified atom stereocenters. The van der Waals surface area contributed by atoms with E-state index in [0.717, 1.165) is 11.1 Å². The van der Waals surface area contributed by atoms with Crippen LogP contribution in [-0.2, 0) is 4.74 Å². The van der Waals surface area contributed by atoms with Crippen molar-refractivity contribution in [1.29, 1.82) is 5.26 Å². The molecule has 10 nitrogen and oxygen atoms in total. The largest absolute Gasteiger partial charge is 0.490 e. The number of rotatable bonds is 9. The molecular weight excluding hydrogens is 510 g/mol. The summed E-state index contributed by atoms with van der Waals surface area (Å²) < 4.78 is 11.6. The van der Waals surface area contributed by atoms with Crippen LogP contribution in [0.5, 0.6) is 5.75 Å². The summed E-state index contributed by atoms with van der Waals surface area (Å²) in [5.41, 5.74) is 0.794. The first-order valence-electron chi connectivity index (χ1n) is 13.7. The number of hydrogen-bond acceptors (Lipinski definition) is 7. The Morgan fingerprint density at radius 3 is 2.42 bits per heavy atom. The Kier molecular flexibility index (Phi) is 9.85. The molecule has 1 fully saturated rings. The number of ether oxygens (including phenoxy) is 2. The van der Waals surface area contributed by atoms with Crippen molar-refractivity contribution >= 4 is 18.0 Å². The van der Waals surface area contributed by atoms with E-state index >= 15 is 0 Å². The molecule has 2 heterocycles. The van der Waals surface area contributed by atoms with Gasteiger partial charge in [0, 0.05) is 25.3 Å². The zero-order valence-electron chi connectivity index (χ0n) is 24.3. The van der Waals surface area contributed by atoms with Crippen LogP contribution in [0.4, 0.5) is 15.4 Å². The number of nitrogens with zero attached hydrogens (tertiary/aromatic N) is 3. The minimum atomic E-state index is -0.886. The highest BCUT2D eigenvalue weighted by Gasteiger charge is 2.31. The summed E-state index contributed by atoms with van der Waals surface area (Å²) in [4.78, 5) is 29.5. The maximum atomic E-state index is 12.5. The molecule has 1 aromatic heterocycles. The summed E-state index contributed by atoms with van der Waals surface area (Å²) in [6, 6.07) is 11.6. The van der Waals surface area contributed by atoms with Crippen molar-refractivity contribution in [3.8, 4) is 22.9 Å². The number of aromatic nitrogens is 1. The number of alkyl carbamates (subject to hydrolysis) is 1. The van der Waals surface area contributed by atoms with Gasteiger partial charge in [-0.2, -0.15) is 5.26 Å². The lowest BCUT2D eigenvalue weighted by atomic mass is 9.91. The number of nitrogens with one attached hydrogen (secondary N) is 2. The van der Waals surface area contributed by atoms with Crippen LogP contribution in [0, 0.1) is 17.2 Å². The predicted molar refractivity (Wildman–Crippen MR) is 153 cm³/mol. The number of pyridine rings is 1. The number of carbonyl (C=O) groups excluding carboxylic acids is 1. The number of benzene rings is 1. The van der Waals surface area contributed by atoms with Crippen LogP contribution in [-0.4, -0.2) is 64.1 Å². The molecule has 10 heteroatoms. The lowest BCUT2D eigenvalue weighted by molar-refractivity contribution is 0.0408. The molecule has 216 valence electrons. The highest BCUT2D eigenvalue weighted by atomic mass is 16.6. The number of carboxylic acid groups (broad SMARTS) is 1. The van der Waals surface area contributed by atoms with E-state index in [1.807, 2.05) is 45.9 Å². The average Bonchev–Trinajstić information content (AvgIpc) is 2.86. The third kappa shape index (κ3) is 9.04. The van der Waals surface area contributed by atoms with Crippen molar-refractivity contribution < 1.29 is 24.2 Å². The van der Waals surface area contributed by atoms with Crippen LogP contribution in [0.3, 0.4) is 0 Å². The van der Waals surface area contributed by atoms with E-state index in [1.54, 1.807) is 18.3 Å². The normalized spacial score (nSPS) is 15.6. The van der Waals surface area contributed by atoms with E-state index in [9.17, 15) is 14.9 Å². The zero-order valence-corrected chi connectivity index (χ0v) is 24.3. The van der Waals surface area contributed by atoms with Gasteiger partial charge in [-0.1, -0.05) is 19.9 Å². The first kappa shape index (κ1) is 30.5. The fraction of sp³-hybridized carbons (Fsp3) is 0.533. The number of hydrogen-bond donors (Lipinski definition) is 3. The van der Waals surface area contributed by atoms with Gasteiger partial charge in [-0.3, -0.25) is 0 Å². The second-order valence-corrected chi connectivity index (χ2v) is 12.0. The molecule has 40 heavy (non-hydrogen) atoms. The van der Waals surface area contributed by atoms with Gasteiger partial charge in [0.05, 0.1) is 11.1 Å². The molecule has 1 aliphatic rings. The lowest BCUT2D eigenvalue weighted by Crippen LogP contribution is -2.52. The number of anilines is 1. The van der Waals surface area contributed by atoms with Gasteiger partial charge in [-0.15, -0.1) is 0 Å². The standard InChI is InChI=1S/C30H41N5O5/c1-20(2)17-30(6,34-27(36)40-29(3,4)5)19-39-25-8-7-21(15-23(25)18-31)22-9-12-32-26(16-22)33-24-10-13-35(14-11-24)28(37)38/h7-9,12,15-16,20,24H,10-11,13-14,17,19H2,1-6H3,(H,32,33)(H,34,36)(H,37,38)/t30-/m0/s1. The first-order valence-corrected chi connectivity index (χ1v) is 13.7. The van der Waals surface area contributed by atoms with Crippen LogP contribution >= 0.6 is 0 Å². The number of carbonyl (C=O) groups is 2. The zero-order chi connectivity index (χ0) is 29.5. The minimum absolute atomic E-state index is 0.137. The van der Waals surface area contributed by atoms with Gasteiger partial charge in [0.1, 0.15) is 29.8 Å². The summed E-state index contributed by atoms with van der Waals surface area (Å²) in [5.74, 6) is 1.42. The highest BCUT2D eigenvalue weighted by molar-refractivity contribution is 5.70. The number of likely N-dealkylation sites (tertiary alicyclic amines) is 1. The summed E-state index contributed by atoms with van der Waals surface area (Å²) in [6.45, 7) is 12.6. The van der Waals surface area contributed by atoms with Gasteiger partial charge in [0.25, 0.3) is 0 Å². The van der Waals surface area contributed by atoms with E-state index in [2.05, 4.69) is 35.5 Å². The first-order chi connectivity index (χ1) is 18.8. The summed E-state index contributed by atoms with van der Waals surface area (Å²) in [5, 5.41) is 25.4. The Balaban J connectivity index is 1.71. The molecular formula is C30H41N5O5. The molecule has 1 saturated heterocycles. The molecule has 3 N–H and O–H groups in total.